The first-order valence-electron chi connectivity index (χ1n) is 6.54. The van der Waals surface area contributed by atoms with Crippen LogP contribution in [0.4, 0.5) is 0 Å². The number of aromatic nitrogens is 1. The van der Waals surface area contributed by atoms with Crippen LogP contribution in [0.3, 0.4) is 0 Å². The molecule has 1 aromatic carbocycles. The third kappa shape index (κ3) is 3.17. The number of furan rings is 1. The van der Waals surface area contributed by atoms with E-state index in [0.717, 1.165) is 15.9 Å². The molecule has 0 aliphatic carbocycles. The normalized spacial score (nSPS) is 11.0. The van der Waals surface area contributed by atoms with Crippen LogP contribution in [-0.2, 0) is 0 Å². The number of carbonyl (C=O) groups is 1. The highest BCUT2D eigenvalue weighted by molar-refractivity contribution is 9.10. The molecule has 5 nitrogen and oxygen atoms in total. The summed E-state index contributed by atoms with van der Waals surface area (Å²) < 4.78 is 7.98. The number of rotatable bonds is 4. The Bertz CT molecular complexity index is 789. The van der Waals surface area contributed by atoms with Gasteiger partial charge in [-0.15, -0.1) is 0 Å². The zero-order valence-corrected chi connectivity index (χ0v) is 13.0. The molecule has 110 valence electrons. The fourth-order valence-corrected chi connectivity index (χ4v) is 2.22. The van der Waals surface area contributed by atoms with Crippen molar-refractivity contribution in [3.05, 3.63) is 76.9 Å². The number of hydrogen-bond acceptors (Lipinski definition) is 3. The summed E-state index contributed by atoms with van der Waals surface area (Å²) >= 11 is 3.41. The van der Waals surface area contributed by atoms with E-state index in [1.807, 2.05) is 47.2 Å². The number of hydrazone groups is 1. The fraction of sp³-hybridized carbons (Fsp3) is 0. The van der Waals surface area contributed by atoms with Gasteiger partial charge in [-0.05, 0) is 48.5 Å². The largest absolute Gasteiger partial charge is 0.459 e. The Hall–Kier alpha value is -2.60. The van der Waals surface area contributed by atoms with Gasteiger partial charge in [-0.3, -0.25) is 4.79 Å². The van der Waals surface area contributed by atoms with Gasteiger partial charge in [-0.2, -0.15) is 5.10 Å². The number of halogens is 1. The quantitative estimate of drug-likeness (QED) is 0.572. The van der Waals surface area contributed by atoms with Gasteiger partial charge in [0.15, 0.2) is 5.76 Å². The zero-order valence-electron chi connectivity index (χ0n) is 11.4. The van der Waals surface area contributed by atoms with Gasteiger partial charge >= 0.3 is 5.91 Å². The molecule has 3 aromatic rings. The van der Waals surface area contributed by atoms with Crippen molar-refractivity contribution >= 4 is 28.1 Å². The summed E-state index contributed by atoms with van der Waals surface area (Å²) in [5.41, 5.74) is 4.28. The van der Waals surface area contributed by atoms with Crippen molar-refractivity contribution in [1.29, 1.82) is 0 Å². The summed E-state index contributed by atoms with van der Waals surface area (Å²) in [5.74, 6) is -0.163. The number of nitrogens with zero attached hydrogens (tertiary/aromatic N) is 2. The summed E-state index contributed by atoms with van der Waals surface area (Å²) in [6.07, 6.45) is 4.96. The molecule has 2 aromatic heterocycles. The summed E-state index contributed by atoms with van der Waals surface area (Å²) in [5, 5.41) is 3.96. The van der Waals surface area contributed by atoms with Crippen LogP contribution in [0.5, 0.6) is 0 Å². The molecule has 0 aliphatic heterocycles. The lowest BCUT2D eigenvalue weighted by Crippen LogP contribution is -2.17. The predicted octanol–water partition coefficient (Wildman–Crippen LogP) is 3.60. The van der Waals surface area contributed by atoms with E-state index in [4.69, 9.17) is 4.42 Å². The first-order chi connectivity index (χ1) is 10.7. The molecule has 6 heteroatoms. The van der Waals surface area contributed by atoms with Gasteiger partial charge in [0.25, 0.3) is 0 Å². The molecule has 0 radical (unpaired) electrons. The third-order valence-electron chi connectivity index (χ3n) is 2.99. The lowest BCUT2D eigenvalue weighted by atomic mass is 10.3. The first kappa shape index (κ1) is 14.3. The molecule has 0 spiro atoms. The van der Waals surface area contributed by atoms with Crippen LogP contribution >= 0.6 is 15.9 Å². The Kier molecular flexibility index (Phi) is 4.20. The molecule has 0 unspecified atom stereocenters. The lowest BCUT2D eigenvalue weighted by Gasteiger charge is -2.06. The van der Waals surface area contributed by atoms with Crippen molar-refractivity contribution in [2.24, 2.45) is 5.10 Å². The molecule has 0 aliphatic rings. The van der Waals surface area contributed by atoms with E-state index in [0.29, 0.717) is 0 Å². The Morgan fingerprint density at radius 1 is 1.18 bits per heavy atom. The minimum absolute atomic E-state index is 0.223. The highest BCUT2D eigenvalue weighted by Crippen LogP contribution is 2.15. The van der Waals surface area contributed by atoms with Crippen molar-refractivity contribution in [2.45, 2.75) is 0 Å². The highest BCUT2D eigenvalue weighted by Gasteiger charge is 2.06. The maximum Gasteiger partial charge on any atom is 0.307 e. The number of carbonyl (C=O) groups excluding carboxylic acids is 1. The second-order valence-corrected chi connectivity index (χ2v) is 5.37. The van der Waals surface area contributed by atoms with E-state index >= 15 is 0 Å². The molecule has 1 amide bonds. The van der Waals surface area contributed by atoms with E-state index in [1.165, 1.54) is 6.26 Å². The SMILES string of the molecule is O=C(N/N=C/c1cccn1-c1ccc(Br)cc1)c1ccco1. The molecule has 2 heterocycles. The van der Waals surface area contributed by atoms with Crippen LogP contribution < -0.4 is 5.43 Å². The molecule has 0 fully saturated rings. The Morgan fingerprint density at radius 3 is 2.73 bits per heavy atom. The molecule has 0 saturated heterocycles. The van der Waals surface area contributed by atoms with Crippen LogP contribution in [0.2, 0.25) is 0 Å². The van der Waals surface area contributed by atoms with Gasteiger partial charge in [0.1, 0.15) is 0 Å². The maximum atomic E-state index is 11.7. The Balaban J connectivity index is 1.74. The first-order valence-corrected chi connectivity index (χ1v) is 7.33. The molecule has 0 bridgehead atoms. The summed E-state index contributed by atoms with van der Waals surface area (Å²) in [6.45, 7) is 0. The average Bonchev–Trinajstić information content (AvgIpc) is 3.19. The second kappa shape index (κ2) is 6.44. The molecule has 0 atom stereocenters. The van der Waals surface area contributed by atoms with Crippen LogP contribution in [0, 0.1) is 0 Å². The van der Waals surface area contributed by atoms with E-state index in [-0.39, 0.29) is 11.7 Å². The summed E-state index contributed by atoms with van der Waals surface area (Å²) in [6, 6.07) is 15.0. The predicted molar refractivity (Wildman–Crippen MR) is 87.2 cm³/mol. The Morgan fingerprint density at radius 2 is 2.00 bits per heavy atom. The maximum absolute atomic E-state index is 11.7. The average molecular weight is 358 g/mol. The monoisotopic (exact) mass is 357 g/mol. The van der Waals surface area contributed by atoms with Crippen molar-refractivity contribution in [1.82, 2.24) is 9.99 Å². The molecule has 3 rings (SSSR count). The van der Waals surface area contributed by atoms with Crippen LogP contribution in [0.15, 0.2) is 75.0 Å². The Labute approximate surface area is 135 Å². The summed E-state index contributed by atoms with van der Waals surface area (Å²) in [7, 11) is 0. The summed E-state index contributed by atoms with van der Waals surface area (Å²) in [4.78, 5) is 11.7. The van der Waals surface area contributed by atoms with Gasteiger partial charge in [-0.1, -0.05) is 15.9 Å². The highest BCUT2D eigenvalue weighted by atomic mass is 79.9. The molecule has 0 saturated carbocycles. The van der Waals surface area contributed by atoms with Gasteiger partial charge in [-0.25, -0.2) is 5.43 Å². The van der Waals surface area contributed by atoms with Crippen LogP contribution in [0.1, 0.15) is 16.2 Å². The van der Waals surface area contributed by atoms with Crippen molar-refractivity contribution < 1.29 is 9.21 Å². The number of hydrogen-bond donors (Lipinski definition) is 1. The second-order valence-electron chi connectivity index (χ2n) is 4.46. The molecular formula is C16H12BrN3O2. The van der Waals surface area contributed by atoms with Crippen LogP contribution in [0.25, 0.3) is 5.69 Å². The number of amides is 1. The molecule has 1 N–H and O–H groups in total. The van der Waals surface area contributed by atoms with E-state index in [1.54, 1.807) is 18.3 Å². The van der Waals surface area contributed by atoms with Crippen molar-refractivity contribution in [3.63, 3.8) is 0 Å². The minimum atomic E-state index is -0.386. The fourth-order valence-electron chi connectivity index (χ4n) is 1.96. The van der Waals surface area contributed by atoms with E-state index in [9.17, 15) is 4.79 Å². The molecule has 22 heavy (non-hydrogen) atoms. The number of benzene rings is 1. The standard InChI is InChI=1S/C16H12BrN3O2/c17-12-5-7-13(8-6-12)20-9-1-3-14(20)11-18-19-16(21)15-4-2-10-22-15/h1-11H,(H,19,21)/b18-11+. The molecular weight excluding hydrogens is 346 g/mol. The third-order valence-corrected chi connectivity index (χ3v) is 3.52. The van der Waals surface area contributed by atoms with Gasteiger partial charge in [0.05, 0.1) is 18.2 Å². The van der Waals surface area contributed by atoms with E-state index < -0.39 is 0 Å². The van der Waals surface area contributed by atoms with Crippen LogP contribution in [-0.4, -0.2) is 16.7 Å². The zero-order chi connectivity index (χ0) is 15.4. The topological polar surface area (TPSA) is 59.5 Å². The smallest absolute Gasteiger partial charge is 0.307 e. The van der Waals surface area contributed by atoms with Gasteiger partial charge in [0.2, 0.25) is 0 Å². The van der Waals surface area contributed by atoms with Gasteiger partial charge < -0.3 is 8.98 Å². The van der Waals surface area contributed by atoms with Crippen molar-refractivity contribution in [2.75, 3.05) is 0 Å². The van der Waals surface area contributed by atoms with E-state index in [2.05, 4.69) is 26.5 Å². The number of nitrogens with one attached hydrogen (secondary N) is 1. The minimum Gasteiger partial charge on any atom is -0.459 e. The van der Waals surface area contributed by atoms with Gasteiger partial charge in [0, 0.05) is 16.4 Å². The lowest BCUT2D eigenvalue weighted by molar-refractivity contribution is 0.0927. The van der Waals surface area contributed by atoms with Crippen molar-refractivity contribution in [3.8, 4) is 5.69 Å².